The van der Waals surface area contributed by atoms with Crippen LogP contribution in [0.15, 0.2) is 42.0 Å². The summed E-state index contributed by atoms with van der Waals surface area (Å²) in [5, 5.41) is 0. The standard InChI is InChI=1S/C15H17NO3/c1-19-14(17)11-12-7-9-16(10-8-12)15(18)13-5-3-2-4-6-13/h2-6,11H,7-10H2,1H3. The predicted octanol–water partition coefficient (Wildman–Crippen LogP) is 2.02. The van der Waals surface area contributed by atoms with Crippen LogP contribution in [0.1, 0.15) is 23.2 Å². The molecule has 0 aliphatic carbocycles. The highest BCUT2D eigenvalue weighted by molar-refractivity contribution is 5.94. The molecule has 1 amide bonds. The van der Waals surface area contributed by atoms with E-state index in [1.807, 2.05) is 35.2 Å². The number of methoxy groups -OCH3 is 1. The molecule has 0 spiro atoms. The molecule has 1 heterocycles. The van der Waals surface area contributed by atoms with Crippen molar-refractivity contribution in [1.29, 1.82) is 0 Å². The van der Waals surface area contributed by atoms with E-state index in [4.69, 9.17) is 0 Å². The van der Waals surface area contributed by atoms with E-state index in [0.29, 0.717) is 18.7 Å². The highest BCUT2D eigenvalue weighted by atomic mass is 16.5. The number of esters is 1. The molecule has 0 unspecified atom stereocenters. The van der Waals surface area contributed by atoms with Gasteiger partial charge in [-0.3, -0.25) is 4.79 Å². The zero-order chi connectivity index (χ0) is 13.7. The molecule has 1 saturated heterocycles. The molecule has 100 valence electrons. The SMILES string of the molecule is COC(=O)C=C1CCN(C(=O)c2ccccc2)CC1. The number of amides is 1. The Morgan fingerprint density at radius 1 is 1.16 bits per heavy atom. The molecule has 1 aliphatic rings. The third kappa shape index (κ3) is 3.44. The van der Waals surface area contributed by atoms with Crippen molar-refractivity contribution in [2.45, 2.75) is 12.8 Å². The third-order valence-electron chi connectivity index (χ3n) is 3.24. The van der Waals surface area contributed by atoms with Crippen LogP contribution in [0.25, 0.3) is 0 Å². The maximum Gasteiger partial charge on any atom is 0.330 e. The van der Waals surface area contributed by atoms with E-state index in [1.54, 1.807) is 0 Å². The number of carbonyl (C=O) groups is 2. The maximum absolute atomic E-state index is 12.2. The van der Waals surface area contributed by atoms with E-state index >= 15 is 0 Å². The molecule has 1 aromatic rings. The molecule has 0 atom stereocenters. The van der Waals surface area contributed by atoms with Crippen LogP contribution in [-0.4, -0.2) is 37.0 Å². The molecule has 0 radical (unpaired) electrons. The number of hydrogen-bond donors (Lipinski definition) is 0. The lowest BCUT2D eigenvalue weighted by atomic mass is 10.0. The summed E-state index contributed by atoms with van der Waals surface area (Å²) in [4.78, 5) is 25.2. The summed E-state index contributed by atoms with van der Waals surface area (Å²) in [7, 11) is 1.37. The average Bonchev–Trinajstić information content (AvgIpc) is 2.48. The van der Waals surface area contributed by atoms with Gasteiger partial charge in [0, 0.05) is 24.7 Å². The van der Waals surface area contributed by atoms with Gasteiger partial charge in [-0.25, -0.2) is 4.79 Å². The second-order valence-electron chi connectivity index (χ2n) is 4.48. The average molecular weight is 259 g/mol. The zero-order valence-corrected chi connectivity index (χ0v) is 11.0. The Balaban J connectivity index is 1.95. The van der Waals surface area contributed by atoms with Crippen molar-refractivity contribution in [1.82, 2.24) is 4.90 Å². The Bertz CT molecular complexity index is 483. The molecule has 4 heteroatoms. The van der Waals surface area contributed by atoms with Gasteiger partial charge >= 0.3 is 5.97 Å². The smallest absolute Gasteiger partial charge is 0.330 e. The maximum atomic E-state index is 12.2. The first-order valence-corrected chi connectivity index (χ1v) is 6.32. The van der Waals surface area contributed by atoms with Crippen molar-refractivity contribution in [3.8, 4) is 0 Å². The highest BCUT2D eigenvalue weighted by Crippen LogP contribution is 2.18. The summed E-state index contributed by atoms with van der Waals surface area (Å²) < 4.78 is 4.60. The fraction of sp³-hybridized carbons (Fsp3) is 0.333. The number of piperidine rings is 1. The van der Waals surface area contributed by atoms with Crippen LogP contribution in [0.3, 0.4) is 0 Å². The number of benzene rings is 1. The fourth-order valence-corrected chi connectivity index (χ4v) is 2.13. The molecule has 0 saturated carbocycles. The summed E-state index contributed by atoms with van der Waals surface area (Å²) in [5.41, 5.74) is 1.76. The molecule has 1 aliphatic heterocycles. The first kappa shape index (κ1) is 13.3. The number of nitrogens with zero attached hydrogens (tertiary/aromatic N) is 1. The third-order valence-corrected chi connectivity index (χ3v) is 3.24. The summed E-state index contributed by atoms with van der Waals surface area (Å²) in [5.74, 6) is -0.268. The van der Waals surface area contributed by atoms with Gasteiger partial charge in [-0.15, -0.1) is 0 Å². The van der Waals surface area contributed by atoms with Gasteiger partial charge < -0.3 is 9.64 Å². The van der Waals surface area contributed by atoms with Crippen LogP contribution in [-0.2, 0) is 9.53 Å². The Morgan fingerprint density at radius 3 is 2.37 bits per heavy atom. The van der Waals surface area contributed by atoms with Crippen LogP contribution in [0.2, 0.25) is 0 Å². The first-order chi connectivity index (χ1) is 9.20. The molecule has 2 rings (SSSR count). The van der Waals surface area contributed by atoms with Gasteiger partial charge in [-0.1, -0.05) is 23.8 Å². The molecule has 19 heavy (non-hydrogen) atoms. The zero-order valence-electron chi connectivity index (χ0n) is 11.0. The Hall–Kier alpha value is -2.10. The topological polar surface area (TPSA) is 46.6 Å². The van der Waals surface area contributed by atoms with Gasteiger partial charge in [0.25, 0.3) is 5.91 Å². The molecule has 1 aromatic carbocycles. The van der Waals surface area contributed by atoms with Crippen molar-refractivity contribution in [2.24, 2.45) is 0 Å². The molecular formula is C15H17NO3. The largest absolute Gasteiger partial charge is 0.466 e. The first-order valence-electron chi connectivity index (χ1n) is 6.32. The monoisotopic (exact) mass is 259 g/mol. The van der Waals surface area contributed by atoms with Crippen LogP contribution in [0, 0.1) is 0 Å². The van der Waals surface area contributed by atoms with Crippen molar-refractivity contribution in [3.05, 3.63) is 47.5 Å². The Kier molecular flexibility index (Phi) is 4.34. The van der Waals surface area contributed by atoms with Gasteiger partial charge in [0.15, 0.2) is 0 Å². The number of likely N-dealkylation sites (tertiary alicyclic amines) is 1. The van der Waals surface area contributed by atoms with Gasteiger partial charge in [-0.05, 0) is 25.0 Å². The lowest BCUT2D eigenvalue weighted by Gasteiger charge is -2.28. The van der Waals surface area contributed by atoms with E-state index in [1.165, 1.54) is 13.2 Å². The minimum atomic E-state index is -0.321. The molecule has 0 aromatic heterocycles. The molecular weight excluding hydrogens is 242 g/mol. The minimum absolute atomic E-state index is 0.0534. The van der Waals surface area contributed by atoms with Crippen LogP contribution in [0.4, 0.5) is 0 Å². The van der Waals surface area contributed by atoms with E-state index in [0.717, 1.165) is 18.4 Å². The Labute approximate surface area is 112 Å². The molecule has 4 nitrogen and oxygen atoms in total. The quantitative estimate of drug-likeness (QED) is 0.603. The van der Waals surface area contributed by atoms with Crippen molar-refractivity contribution < 1.29 is 14.3 Å². The summed E-state index contributed by atoms with van der Waals surface area (Å²) in [6.45, 7) is 1.30. The normalized spacial score (nSPS) is 15.0. The highest BCUT2D eigenvalue weighted by Gasteiger charge is 2.20. The summed E-state index contributed by atoms with van der Waals surface area (Å²) in [6.07, 6.45) is 2.99. The number of carbonyl (C=O) groups excluding carboxylic acids is 2. The van der Waals surface area contributed by atoms with Crippen LogP contribution < -0.4 is 0 Å². The lowest BCUT2D eigenvalue weighted by molar-refractivity contribution is -0.134. The van der Waals surface area contributed by atoms with E-state index in [2.05, 4.69) is 4.74 Å². The van der Waals surface area contributed by atoms with E-state index < -0.39 is 0 Å². The predicted molar refractivity (Wildman–Crippen MR) is 71.7 cm³/mol. The van der Waals surface area contributed by atoms with Crippen LogP contribution in [0.5, 0.6) is 0 Å². The summed E-state index contributed by atoms with van der Waals surface area (Å²) >= 11 is 0. The second kappa shape index (κ2) is 6.18. The number of hydrogen-bond acceptors (Lipinski definition) is 3. The lowest BCUT2D eigenvalue weighted by Crippen LogP contribution is -2.36. The second-order valence-corrected chi connectivity index (χ2v) is 4.48. The van der Waals surface area contributed by atoms with Gasteiger partial charge in [0.05, 0.1) is 7.11 Å². The van der Waals surface area contributed by atoms with Crippen molar-refractivity contribution in [2.75, 3.05) is 20.2 Å². The van der Waals surface area contributed by atoms with Gasteiger partial charge in [0.2, 0.25) is 0 Å². The van der Waals surface area contributed by atoms with Crippen molar-refractivity contribution in [3.63, 3.8) is 0 Å². The van der Waals surface area contributed by atoms with Crippen molar-refractivity contribution >= 4 is 11.9 Å². The molecule has 1 fully saturated rings. The van der Waals surface area contributed by atoms with Gasteiger partial charge in [-0.2, -0.15) is 0 Å². The van der Waals surface area contributed by atoms with Gasteiger partial charge in [0.1, 0.15) is 0 Å². The molecule has 0 N–H and O–H groups in total. The van der Waals surface area contributed by atoms with E-state index in [-0.39, 0.29) is 11.9 Å². The fourth-order valence-electron chi connectivity index (χ4n) is 2.13. The minimum Gasteiger partial charge on any atom is -0.466 e. The van der Waals surface area contributed by atoms with Crippen LogP contribution >= 0.6 is 0 Å². The number of rotatable bonds is 2. The number of ether oxygens (including phenoxy) is 1. The summed E-state index contributed by atoms with van der Waals surface area (Å²) in [6, 6.07) is 9.26. The molecule has 0 bridgehead atoms. The Morgan fingerprint density at radius 2 is 1.79 bits per heavy atom. The van der Waals surface area contributed by atoms with E-state index in [9.17, 15) is 9.59 Å².